The average Bonchev–Trinajstić information content (AvgIpc) is 2.95. The van der Waals surface area contributed by atoms with Crippen molar-refractivity contribution in [2.24, 2.45) is 0 Å². The van der Waals surface area contributed by atoms with Crippen LogP contribution in [0.2, 0.25) is 0 Å². The maximum atomic E-state index is 14.7. The number of benzene rings is 3. The van der Waals surface area contributed by atoms with Crippen molar-refractivity contribution < 1.29 is 32.0 Å². The Balaban J connectivity index is 1.79. The largest absolute Gasteiger partial charge is 0.465 e. The third-order valence-corrected chi connectivity index (χ3v) is 10.2. The van der Waals surface area contributed by atoms with Gasteiger partial charge in [-0.15, -0.1) is 0 Å². The summed E-state index contributed by atoms with van der Waals surface area (Å²) >= 11 is 0. The molecule has 0 saturated carbocycles. The van der Waals surface area contributed by atoms with Gasteiger partial charge in [0, 0.05) is 11.8 Å². The van der Waals surface area contributed by atoms with Crippen molar-refractivity contribution in [1.82, 2.24) is 15.1 Å². The summed E-state index contributed by atoms with van der Waals surface area (Å²) < 4.78 is 53.8. The summed E-state index contributed by atoms with van der Waals surface area (Å²) in [5, 5.41) is 5.56. The van der Waals surface area contributed by atoms with Gasteiger partial charge in [-0.25, -0.2) is 13.2 Å². The van der Waals surface area contributed by atoms with Crippen LogP contribution in [0.5, 0.6) is 0 Å². The molecule has 3 aromatic carbocycles. The van der Waals surface area contributed by atoms with Gasteiger partial charge >= 0.3 is 12.1 Å². The van der Waals surface area contributed by atoms with Crippen molar-refractivity contribution in [2.75, 3.05) is 25.4 Å². The normalized spacial score (nSPS) is 13.6. The van der Waals surface area contributed by atoms with Crippen LogP contribution >= 0.6 is 7.29 Å². The Kier molecular flexibility index (Phi) is 11.5. The molecule has 40 heavy (non-hydrogen) atoms. The lowest BCUT2D eigenvalue weighted by Crippen LogP contribution is -2.40. The minimum Gasteiger partial charge on any atom is -0.465 e. The van der Waals surface area contributed by atoms with E-state index in [0.717, 1.165) is 11.1 Å². The van der Waals surface area contributed by atoms with Crippen LogP contribution < -0.4 is 20.4 Å². The fraction of sp³-hybridized carbons (Fsp3) is 0.286. The summed E-state index contributed by atoms with van der Waals surface area (Å²) in [5.74, 6) is -2.37. The van der Waals surface area contributed by atoms with E-state index in [1.807, 2.05) is 25.1 Å². The van der Waals surface area contributed by atoms with Gasteiger partial charge in [-0.05, 0) is 25.0 Å². The Bertz CT molecular complexity index is 1400. The number of amides is 1. The number of hydrogen-bond donors (Lipinski definition) is 3. The summed E-state index contributed by atoms with van der Waals surface area (Å²) in [4.78, 5) is 24.2. The van der Waals surface area contributed by atoms with E-state index in [-0.39, 0.29) is 26.3 Å². The van der Waals surface area contributed by atoms with E-state index < -0.39 is 40.9 Å². The molecular weight excluding hydrogens is 553 g/mol. The molecule has 0 radical (unpaired) electrons. The molecule has 0 spiro atoms. The summed E-state index contributed by atoms with van der Waals surface area (Å²) in [6.07, 6.45) is -0.764. The van der Waals surface area contributed by atoms with Crippen molar-refractivity contribution in [3.63, 3.8) is 0 Å². The molecule has 10 nitrogen and oxygen atoms in total. The third kappa shape index (κ3) is 9.31. The fourth-order valence-electron chi connectivity index (χ4n) is 3.77. The van der Waals surface area contributed by atoms with Crippen molar-refractivity contribution in [2.45, 2.75) is 26.2 Å². The van der Waals surface area contributed by atoms with Crippen LogP contribution in [-0.2, 0) is 35.5 Å². The number of aryl methyl sites for hydroxylation is 1. The molecule has 0 saturated heterocycles. The first-order chi connectivity index (χ1) is 19.1. The standard InChI is InChI=1S/C28H34N3O7PS/c1-3-37-26(32)20-30-39(34,25-12-8-5-9-13-25)27(24-16-14-22(2)15-17-24)31-40(35,36)19-18-29-28(33)38-21-23-10-6-4-7-11-23/h4-17,27,31H,3,18-21H2,1-2H3,(H,29,33)(H,30,34)/t27-,39?/m1/s1. The zero-order valence-corrected chi connectivity index (χ0v) is 24.1. The van der Waals surface area contributed by atoms with E-state index >= 15 is 0 Å². The number of carbonyl (C=O) groups is 2. The van der Waals surface area contributed by atoms with E-state index in [2.05, 4.69) is 15.1 Å². The Labute approximate surface area is 235 Å². The van der Waals surface area contributed by atoms with Crippen molar-refractivity contribution >= 4 is 34.7 Å². The molecule has 1 amide bonds. The van der Waals surface area contributed by atoms with Crippen LogP contribution in [0.4, 0.5) is 4.79 Å². The van der Waals surface area contributed by atoms with Crippen LogP contribution in [0.1, 0.15) is 29.4 Å². The predicted octanol–water partition coefficient (Wildman–Crippen LogP) is 3.60. The number of hydrogen-bond acceptors (Lipinski definition) is 7. The topological polar surface area (TPSA) is 140 Å². The Hall–Kier alpha value is -3.50. The van der Waals surface area contributed by atoms with Crippen LogP contribution in [0.15, 0.2) is 84.9 Å². The molecule has 0 aliphatic carbocycles. The molecule has 2 atom stereocenters. The van der Waals surface area contributed by atoms with Gasteiger partial charge in [0.05, 0.1) is 12.4 Å². The second-order valence-corrected chi connectivity index (χ2v) is 13.4. The molecule has 1 unspecified atom stereocenters. The summed E-state index contributed by atoms with van der Waals surface area (Å²) in [6.45, 7) is 3.09. The lowest BCUT2D eigenvalue weighted by Gasteiger charge is -2.30. The molecule has 0 aromatic heterocycles. The first kappa shape index (κ1) is 31.0. The lowest BCUT2D eigenvalue weighted by molar-refractivity contribution is -0.141. The maximum Gasteiger partial charge on any atom is 0.407 e. The zero-order valence-electron chi connectivity index (χ0n) is 22.4. The van der Waals surface area contributed by atoms with Gasteiger partial charge in [0.15, 0.2) is 7.29 Å². The minimum absolute atomic E-state index is 0.0412. The highest BCUT2D eigenvalue weighted by Gasteiger charge is 2.39. The van der Waals surface area contributed by atoms with Crippen LogP contribution in [-0.4, -0.2) is 45.9 Å². The third-order valence-electron chi connectivity index (χ3n) is 5.80. The predicted molar refractivity (Wildman–Crippen MR) is 154 cm³/mol. The van der Waals surface area contributed by atoms with Gasteiger partial charge in [-0.2, -0.15) is 4.72 Å². The minimum atomic E-state index is -4.09. The average molecular weight is 588 g/mol. The molecule has 214 valence electrons. The highest BCUT2D eigenvalue weighted by atomic mass is 32.2. The molecule has 0 fully saturated rings. The molecule has 3 N–H and O–H groups in total. The van der Waals surface area contributed by atoms with E-state index in [1.165, 1.54) is 0 Å². The highest BCUT2D eigenvalue weighted by Crippen LogP contribution is 2.53. The molecule has 0 aliphatic rings. The number of nitrogens with one attached hydrogen (secondary N) is 3. The first-order valence-corrected chi connectivity index (χ1v) is 16.1. The lowest BCUT2D eigenvalue weighted by atomic mass is 10.1. The zero-order chi connectivity index (χ0) is 29.0. The Morgan fingerprint density at radius 3 is 2.15 bits per heavy atom. The van der Waals surface area contributed by atoms with E-state index in [0.29, 0.717) is 10.9 Å². The Morgan fingerprint density at radius 2 is 1.52 bits per heavy atom. The second-order valence-electron chi connectivity index (χ2n) is 8.87. The van der Waals surface area contributed by atoms with Crippen LogP contribution in [0.25, 0.3) is 0 Å². The number of esters is 1. The molecule has 0 heterocycles. The quantitative estimate of drug-likeness (QED) is 0.192. The van der Waals surface area contributed by atoms with Crippen LogP contribution in [0, 0.1) is 6.92 Å². The monoisotopic (exact) mass is 587 g/mol. The number of alkyl carbamates (subject to hydrolysis) is 1. The molecular formula is C28H34N3O7PS. The second kappa shape index (κ2) is 14.8. The number of sulfonamides is 1. The van der Waals surface area contributed by atoms with Gasteiger partial charge in [0.25, 0.3) is 0 Å². The number of rotatable bonds is 14. The van der Waals surface area contributed by atoms with Crippen LogP contribution in [0.3, 0.4) is 0 Å². The van der Waals surface area contributed by atoms with Gasteiger partial charge in [-0.3, -0.25) is 14.4 Å². The smallest absolute Gasteiger partial charge is 0.407 e. The fourth-order valence-corrected chi connectivity index (χ4v) is 8.04. The molecule has 3 rings (SSSR count). The van der Waals surface area contributed by atoms with Crippen molar-refractivity contribution in [3.8, 4) is 0 Å². The van der Waals surface area contributed by atoms with Gasteiger partial charge < -0.3 is 14.8 Å². The Morgan fingerprint density at radius 1 is 0.900 bits per heavy atom. The van der Waals surface area contributed by atoms with E-state index in [4.69, 9.17) is 9.47 Å². The molecule has 3 aromatic rings. The highest BCUT2D eigenvalue weighted by molar-refractivity contribution is 7.90. The van der Waals surface area contributed by atoms with Crippen molar-refractivity contribution in [1.29, 1.82) is 0 Å². The first-order valence-electron chi connectivity index (χ1n) is 12.7. The van der Waals surface area contributed by atoms with Gasteiger partial charge in [0.1, 0.15) is 18.9 Å². The van der Waals surface area contributed by atoms with Gasteiger partial charge in [-0.1, -0.05) is 90.5 Å². The number of ether oxygens (including phenoxy) is 2. The molecule has 0 aliphatic heterocycles. The van der Waals surface area contributed by atoms with E-state index in [9.17, 15) is 22.6 Å². The molecule has 0 bridgehead atoms. The van der Waals surface area contributed by atoms with Crippen molar-refractivity contribution in [3.05, 3.63) is 102 Å². The van der Waals surface area contributed by atoms with E-state index in [1.54, 1.807) is 73.7 Å². The summed E-state index contributed by atoms with van der Waals surface area (Å²) in [5.41, 5.74) is 2.16. The summed E-state index contributed by atoms with van der Waals surface area (Å²) in [6, 6.07) is 24.3. The van der Waals surface area contributed by atoms with Gasteiger partial charge in [0.2, 0.25) is 10.0 Å². The summed E-state index contributed by atoms with van der Waals surface area (Å²) in [7, 11) is -7.93. The number of carbonyl (C=O) groups excluding carboxylic acids is 2. The SMILES string of the molecule is CCOC(=O)CNP(=O)(c1ccccc1)[C@@H](NS(=O)(=O)CCNC(=O)OCc1ccccc1)c1ccc(C)cc1. The maximum absolute atomic E-state index is 14.7. The molecule has 12 heteroatoms.